The van der Waals surface area contributed by atoms with E-state index in [2.05, 4.69) is 0 Å². The molecular weight excluding hydrogens is 408 g/mol. The van der Waals surface area contributed by atoms with Crippen LogP contribution in [0.3, 0.4) is 0 Å². The summed E-state index contributed by atoms with van der Waals surface area (Å²) in [6, 6.07) is 5.07. The first-order chi connectivity index (χ1) is 14.7. The zero-order valence-electron chi connectivity index (χ0n) is 17.9. The number of likely N-dealkylation sites (tertiary alicyclic amines) is 1. The van der Waals surface area contributed by atoms with E-state index < -0.39 is 40.8 Å². The Kier molecular flexibility index (Phi) is 8.12. The molecule has 0 unspecified atom stereocenters. The number of ether oxygens (including phenoxy) is 3. The van der Waals surface area contributed by atoms with Crippen molar-refractivity contribution in [1.82, 2.24) is 4.90 Å². The summed E-state index contributed by atoms with van der Waals surface area (Å²) < 4.78 is 14.8. The van der Waals surface area contributed by atoms with E-state index in [4.69, 9.17) is 14.2 Å². The third-order valence-electron chi connectivity index (χ3n) is 5.29. The van der Waals surface area contributed by atoms with Gasteiger partial charge < -0.3 is 14.2 Å². The standard InChI is InChI=1S/C21H26N2O8/c1-5-31-21(26)22-12-17(16(11-18(24)29-3)19(22)20(25)30-4)13(2)9-14-7-6-8-15(10-14)23(27)28/h6-10,16-17,19H,5,11-12H2,1-4H3/b13-9+/t16-,17+,19-/m0/s1. The number of carbonyl (C=O) groups is 3. The summed E-state index contributed by atoms with van der Waals surface area (Å²) in [6.45, 7) is 3.68. The Morgan fingerprint density at radius 3 is 2.55 bits per heavy atom. The number of rotatable bonds is 7. The topological polar surface area (TPSA) is 125 Å². The largest absolute Gasteiger partial charge is 0.469 e. The molecule has 168 valence electrons. The lowest BCUT2D eigenvalue weighted by atomic mass is 9.82. The molecule has 1 fully saturated rings. The first kappa shape index (κ1) is 23.8. The minimum absolute atomic E-state index is 0.0559. The second kappa shape index (κ2) is 10.6. The lowest BCUT2D eigenvalue weighted by molar-refractivity contribution is -0.384. The predicted molar refractivity (Wildman–Crippen MR) is 110 cm³/mol. The maximum atomic E-state index is 12.5. The van der Waals surface area contributed by atoms with Crippen molar-refractivity contribution in [3.05, 3.63) is 45.5 Å². The number of nitro benzene ring substituents is 1. The predicted octanol–water partition coefficient (Wildman–Crippen LogP) is 2.81. The van der Waals surface area contributed by atoms with Crippen molar-refractivity contribution < 1.29 is 33.5 Å². The normalized spacial score (nSPS) is 20.8. The SMILES string of the molecule is CCOC(=O)N1C[C@H](/C(C)=C/c2cccc([N+](=O)[O-])c2)[C@H](CC(=O)OC)[C@H]1C(=O)OC. The molecule has 10 heteroatoms. The Balaban J connectivity index is 2.46. The molecule has 31 heavy (non-hydrogen) atoms. The zero-order valence-corrected chi connectivity index (χ0v) is 17.9. The molecule has 0 aliphatic carbocycles. The second-order valence-corrected chi connectivity index (χ2v) is 7.11. The van der Waals surface area contributed by atoms with Crippen molar-refractivity contribution >= 4 is 29.8 Å². The summed E-state index contributed by atoms with van der Waals surface area (Å²) in [5, 5.41) is 11.1. The van der Waals surface area contributed by atoms with Gasteiger partial charge in [-0.15, -0.1) is 0 Å². The van der Waals surface area contributed by atoms with Crippen LogP contribution in [0.2, 0.25) is 0 Å². The first-order valence-electron chi connectivity index (χ1n) is 9.74. The van der Waals surface area contributed by atoms with Gasteiger partial charge in [0.2, 0.25) is 0 Å². The summed E-state index contributed by atoms with van der Waals surface area (Å²) in [5.74, 6) is -2.20. The maximum absolute atomic E-state index is 12.5. The van der Waals surface area contributed by atoms with Crippen LogP contribution in [0.5, 0.6) is 0 Å². The number of hydrogen-bond donors (Lipinski definition) is 0. The molecule has 3 atom stereocenters. The van der Waals surface area contributed by atoms with Crippen molar-refractivity contribution in [3.8, 4) is 0 Å². The number of amides is 1. The van der Waals surface area contributed by atoms with Gasteiger partial charge in [0.15, 0.2) is 0 Å². The summed E-state index contributed by atoms with van der Waals surface area (Å²) in [6.07, 6.45) is 0.945. The molecule has 0 spiro atoms. The average Bonchev–Trinajstić information content (AvgIpc) is 3.12. The van der Waals surface area contributed by atoms with Crippen LogP contribution in [-0.4, -0.2) is 61.3 Å². The van der Waals surface area contributed by atoms with Gasteiger partial charge in [0.1, 0.15) is 6.04 Å². The van der Waals surface area contributed by atoms with Gasteiger partial charge in [-0.1, -0.05) is 23.8 Å². The first-order valence-corrected chi connectivity index (χ1v) is 9.74. The maximum Gasteiger partial charge on any atom is 0.410 e. The fourth-order valence-electron chi connectivity index (χ4n) is 3.84. The van der Waals surface area contributed by atoms with Crippen LogP contribution in [0.15, 0.2) is 29.8 Å². The molecule has 1 heterocycles. The smallest absolute Gasteiger partial charge is 0.410 e. The highest BCUT2D eigenvalue weighted by molar-refractivity contribution is 5.84. The van der Waals surface area contributed by atoms with Crippen molar-refractivity contribution in [2.24, 2.45) is 11.8 Å². The van der Waals surface area contributed by atoms with Gasteiger partial charge in [-0.3, -0.25) is 19.8 Å². The van der Waals surface area contributed by atoms with Gasteiger partial charge in [0.05, 0.1) is 32.2 Å². The molecule has 0 bridgehead atoms. The molecule has 1 saturated heterocycles. The molecule has 10 nitrogen and oxygen atoms in total. The molecule has 0 saturated carbocycles. The number of carbonyl (C=O) groups excluding carboxylic acids is 3. The lowest BCUT2D eigenvalue weighted by Crippen LogP contribution is -2.44. The van der Waals surface area contributed by atoms with Crippen LogP contribution < -0.4 is 0 Å². The minimum atomic E-state index is -1.03. The molecule has 0 radical (unpaired) electrons. The average molecular weight is 434 g/mol. The van der Waals surface area contributed by atoms with Gasteiger partial charge in [-0.25, -0.2) is 9.59 Å². The van der Waals surface area contributed by atoms with Crippen LogP contribution >= 0.6 is 0 Å². The molecular formula is C21H26N2O8. The molecule has 0 N–H and O–H groups in total. The van der Waals surface area contributed by atoms with E-state index in [1.807, 2.05) is 0 Å². The van der Waals surface area contributed by atoms with E-state index in [1.54, 1.807) is 32.1 Å². The monoisotopic (exact) mass is 434 g/mol. The number of benzene rings is 1. The van der Waals surface area contributed by atoms with Gasteiger partial charge in [-0.2, -0.15) is 0 Å². The zero-order chi connectivity index (χ0) is 23.1. The van der Waals surface area contributed by atoms with Crippen molar-refractivity contribution in [2.75, 3.05) is 27.4 Å². The Bertz CT molecular complexity index is 882. The Morgan fingerprint density at radius 2 is 1.97 bits per heavy atom. The number of nitro groups is 1. The Morgan fingerprint density at radius 1 is 1.26 bits per heavy atom. The van der Waals surface area contributed by atoms with E-state index in [-0.39, 0.29) is 25.3 Å². The lowest BCUT2D eigenvalue weighted by Gasteiger charge is -2.25. The second-order valence-electron chi connectivity index (χ2n) is 7.11. The summed E-state index contributed by atoms with van der Waals surface area (Å²) in [5.41, 5.74) is 1.28. The van der Waals surface area contributed by atoms with E-state index in [1.165, 1.54) is 31.3 Å². The van der Waals surface area contributed by atoms with Crippen molar-refractivity contribution in [2.45, 2.75) is 26.3 Å². The van der Waals surface area contributed by atoms with Crippen LogP contribution in [0, 0.1) is 22.0 Å². The Labute approximate surface area is 179 Å². The summed E-state index contributed by atoms with van der Waals surface area (Å²) >= 11 is 0. The molecule has 1 aliphatic rings. The van der Waals surface area contributed by atoms with Crippen molar-refractivity contribution in [1.29, 1.82) is 0 Å². The molecule has 1 aliphatic heterocycles. The molecule has 1 aromatic carbocycles. The van der Waals surface area contributed by atoms with E-state index >= 15 is 0 Å². The van der Waals surface area contributed by atoms with Crippen molar-refractivity contribution in [3.63, 3.8) is 0 Å². The number of methoxy groups -OCH3 is 2. The fourth-order valence-corrected chi connectivity index (χ4v) is 3.84. The van der Waals surface area contributed by atoms with Crippen LogP contribution in [-0.2, 0) is 23.8 Å². The third-order valence-corrected chi connectivity index (χ3v) is 5.29. The summed E-state index contributed by atoms with van der Waals surface area (Å²) in [4.78, 5) is 48.9. The minimum Gasteiger partial charge on any atom is -0.469 e. The molecule has 1 amide bonds. The van der Waals surface area contributed by atoms with Gasteiger partial charge >= 0.3 is 18.0 Å². The number of hydrogen-bond acceptors (Lipinski definition) is 8. The van der Waals surface area contributed by atoms with Gasteiger partial charge in [0, 0.05) is 30.5 Å². The fraction of sp³-hybridized carbons (Fsp3) is 0.476. The molecule has 1 aromatic rings. The highest BCUT2D eigenvalue weighted by Gasteiger charge is 2.50. The van der Waals surface area contributed by atoms with E-state index in [0.29, 0.717) is 5.56 Å². The highest BCUT2D eigenvalue weighted by atomic mass is 16.6. The number of esters is 2. The molecule has 0 aromatic heterocycles. The number of non-ortho nitro benzene ring substituents is 1. The summed E-state index contributed by atoms with van der Waals surface area (Å²) in [7, 11) is 2.45. The van der Waals surface area contributed by atoms with Gasteiger partial charge in [0.25, 0.3) is 5.69 Å². The Hall–Kier alpha value is -3.43. The molecule has 2 rings (SSSR count). The van der Waals surface area contributed by atoms with E-state index in [0.717, 1.165) is 5.57 Å². The van der Waals surface area contributed by atoms with Crippen LogP contribution in [0.4, 0.5) is 10.5 Å². The van der Waals surface area contributed by atoms with Crippen LogP contribution in [0.1, 0.15) is 25.8 Å². The number of nitrogens with zero attached hydrogens (tertiary/aromatic N) is 2. The quantitative estimate of drug-likeness (QED) is 0.278. The van der Waals surface area contributed by atoms with Crippen LogP contribution in [0.25, 0.3) is 6.08 Å². The highest BCUT2D eigenvalue weighted by Crippen LogP contribution is 2.39. The van der Waals surface area contributed by atoms with E-state index in [9.17, 15) is 24.5 Å². The third kappa shape index (κ3) is 5.59. The van der Waals surface area contributed by atoms with Gasteiger partial charge in [-0.05, 0) is 19.4 Å².